The molecule has 184 valence electrons. The Labute approximate surface area is 201 Å². The van der Waals surface area contributed by atoms with E-state index in [1.54, 1.807) is 0 Å². The zero-order valence-electron chi connectivity index (χ0n) is 20.0. The van der Waals surface area contributed by atoms with Crippen molar-refractivity contribution in [2.24, 2.45) is 0 Å². The number of carbonyl (C=O) groups is 1. The number of morpholine rings is 1. The van der Waals surface area contributed by atoms with E-state index in [4.69, 9.17) is 14.2 Å². The number of fused-ring (bicyclic) bond motifs is 1. The Hall–Kier alpha value is -2.62. The Kier molecular flexibility index (Phi) is 7.16. The highest BCUT2D eigenvalue weighted by molar-refractivity contribution is 7.89. The Morgan fingerprint density at radius 3 is 2.41 bits per heavy atom. The normalized spacial score (nSPS) is 22.6. The summed E-state index contributed by atoms with van der Waals surface area (Å²) in [6, 6.07) is 9.93. The highest BCUT2D eigenvalue weighted by atomic mass is 32.2. The summed E-state index contributed by atoms with van der Waals surface area (Å²) in [5, 5.41) is 2.90. The molecular weight excluding hydrogens is 456 g/mol. The van der Waals surface area contributed by atoms with Gasteiger partial charge >= 0.3 is 0 Å². The molecule has 8 nitrogen and oxygen atoms in total. The van der Waals surface area contributed by atoms with E-state index >= 15 is 0 Å². The predicted octanol–water partition coefficient (Wildman–Crippen LogP) is 3.14. The quantitative estimate of drug-likeness (QED) is 0.644. The summed E-state index contributed by atoms with van der Waals surface area (Å²) >= 11 is 0. The van der Waals surface area contributed by atoms with Gasteiger partial charge in [-0.2, -0.15) is 4.31 Å². The van der Waals surface area contributed by atoms with Crippen LogP contribution in [0.3, 0.4) is 0 Å². The summed E-state index contributed by atoms with van der Waals surface area (Å²) in [6.07, 6.45) is 0.614. The maximum atomic E-state index is 13.0. The maximum Gasteiger partial charge on any atom is 0.251 e. The molecule has 0 bridgehead atoms. The second-order valence-electron chi connectivity index (χ2n) is 8.92. The number of amides is 1. The Morgan fingerprint density at radius 1 is 1.09 bits per heavy atom. The summed E-state index contributed by atoms with van der Waals surface area (Å²) in [5.41, 5.74) is 2.32. The minimum absolute atomic E-state index is 0.119. The van der Waals surface area contributed by atoms with E-state index in [0.717, 1.165) is 29.0 Å². The molecule has 0 aromatic heterocycles. The molecule has 2 aromatic rings. The van der Waals surface area contributed by atoms with Crippen LogP contribution in [0.5, 0.6) is 11.5 Å². The van der Waals surface area contributed by atoms with Gasteiger partial charge in [0.15, 0.2) is 0 Å². The lowest BCUT2D eigenvalue weighted by Crippen LogP contribution is -2.48. The lowest BCUT2D eigenvalue weighted by Gasteiger charge is -2.34. The fraction of sp³-hybridized carbons (Fsp3) is 0.480. The number of hydrogen-bond acceptors (Lipinski definition) is 6. The molecule has 0 saturated carbocycles. The number of nitrogens with one attached hydrogen (secondary N) is 1. The van der Waals surface area contributed by atoms with E-state index in [-0.39, 0.29) is 35.7 Å². The maximum absolute atomic E-state index is 13.0. The van der Waals surface area contributed by atoms with Gasteiger partial charge in [-0.05, 0) is 64.1 Å². The van der Waals surface area contributed by atoms with Crippen molar-refractivity contribution in [3.05, 3.63) is 53.1 Å². The lowest BCUT2D eigenvalue weighted by atomic mass is 10.1. The molecule has 1 saturated heterocycles. The molecule has 1 amide bonds. The van der Waals surface area contributed by atoms with Crippen LogP contribution in [-0.4, -0.2) is 56.6 Å². The Bertz CT molecular complexity index is 1140. The number of benzene rings is 2. The van der Waals surface area contributed by atoms with Crippen molar-refractivity contribution in [3.8, 4) is 11.5 Å². The minimum atomic E-state index is -3.66. The third-order valence-corrected chi connectivity index (χ3v) is 7.80. The number of rotatable bonds is 7. The first kappa shape index (κ1) is 24.5. The van der Waals surface area contributed by atoms with Crippen LogP contribution >= 0.6 is 0 Å². The second-order valence-corrected chi connectivity index (χ2v) is 10.9. The van der Waals surface area contributed by atoms with E-state index in [2.05, 4.69) is 5.32 Å². The van der Waals surface area contributed by atoms with E-state index in [1.807, 2.05) is 39.8 Å². The van der Waals surface area contributed by atoms with Crippen LogP contribution in [0, 0.1) is 0 Å². The molecule has 0 spiro atoms. The van der Waals surface area contributed by atoms with Crippen molar-refractivity contribution < 1.29 is 27.4 Å². The molecule has 3 atom stereocenters. The number of nitrogens with zero attached hydrogens (tertiary/aromatic N) is 1. The van der Waals surface area contributed by atoms with Crippen molar-refractivity contribution in [3.63, 3.8) is 0 Å². The molecule has 4 rings (SSSR count). The molecule has 0 aliphatic carbocycles. The molecule has 2 aliphatic heterocycles. The first-order valence-corrected chi connectivity index (χ1v) is 13.1. The lowest BCUT2D eigenvalue weighted by molar-refractivity contribution is -0.0440. The fourth-order valence-electron chi connectivity index (χ4n) is 4.44. The number of hydrogen-bond donors (Lipinski definition) is 1. The highest BCUT2D eigenvalue weighted by Gasteiger charge is 2.32. The largest absolute Gasteiger partial charge is 0.494 e. The van der Waals surface area contributed by atoms with E-state index < -0.39 is 10.0 Å². The van der Waals surface area contributed by atoms with Crippen molar-refractivity contribution in [1.29, 1.82) is 0 Å². The fourth-order valence-corrected chi connectivity index (χ4v) is 6.03. The highest BCUT2D eigenvalue weighted by Crippen LogP contribution is 2.35. The van der Waals surface area contributed by atoms with Crippen LogP contribution in [-0.2, 0) is 27.7 Å². The van der Waals surface area contributed by atoms with Crippen LogP contribution in [0.4, 0.5) is 0 Å². The molecule has 2 heterocycles. The summed E-state index contributed by atoms with van der Waals surface area (Å²) in [4.78, 5) is 12.9. The van der Waals surface area contributed by atoms with Crippen LogP contribution < -0.4 is 14.8 Å². The van der Waals surface area contributed by atoms with Gasteiger partial charge in [0.2, 0.25) is 10.0 Å². The summed E-state index contributed by atoms with van der Waals surface area (Å²) in [5.74, 6) is 1.26. The molecule has 2 aliphatic rings. The number of carbonyl (C=O) groups excluding carboxylic acids is 1. The Morgan fingerprint density at radius 2 is 1.76 bits per heavy atom. The zero-order valence-corrected chi connectivity index (χ0v) is 20.9. The van der Waals surface area contributed by atoms with Crippen molar-refractivity contribution in [2.45, 2.75) is 63.9 Å². The minimum Gasteiger partial charge on any atom is -0.494 e. The van der Waals surface area contributed by atoms with Crippen LogP contribution in [0.25, 0.3) is 0 Å². The molecule has 3 unspecified atom stereocenters. The average Bonchev–Trinajstić information content (AvgIpc) is 3.15. The van der Waals surface area contributed by atoms with E-state index in [9.17, 15) is 13.2 Å². The van der Waals surface area contributed by atoms with E-state index in [1.165, 1.54) is 28.6 Å². The second kappa shape index (κ2) is 9.93. The smallest absolute Gasteiger partial charge is 0.251 e. The van der Waals surface area contributed by atoms with Gasteiger partial charge < -0.3 is 19.5 Å². The summed E-state index contributed by atoms with van der Waals surface area (Å²) in [6.45, 7) is 9.05. The molecule has 34 heavy (non-hydrogen) atoms. The van der Waals surface area contributed by atoms with Crippen LogP contribution in [0.1, 0.15) is 49.2 Å². The van der Waals surface area contributed by atoms with Gasteiger partial charge in [0.25, 0.3) is 5.91 Å². The van der Waals surface area contributed by atoms with Gasteiger partial charge in [-0.3, -0.25) is 4.79 Å². The van der Waals surface area contributed by atoms with Gasteiger partial charge in [0, 0.05) is 42.7 Å². The molecule has 2 aromatic carbocycles. The molecule has 1 N–H and O–H groups in total. The molecule has 9 heteroatoms. The van der Waals surface area contributed by atoms with Gasteiger partial charge in [-0.25, -0.2) is 8.42 Å². The van der Waals surface area contributed by atoms with Crippen LogP contribution in [0.2, 0.25) is 0 Å². The Balaban J connectivity index is 1.44. The van der Waals surface area contributed by atoms with Crippen molar-refractivity contribution in [2.75, 3.05) is 19.7 Å². The van der Waals surface area contributed by atoms with E-state index in [0.29, 0.717) is 25.3 Å². The summed E-state index contributed by atoms with van der Waals surface area (Å²) in [7, 11) is -3.66. The third kappa shape index (κ3) is 5.21. The number of ether oxygens (including phenoxy) is 3. The van der Waals surface area contributed by atoms with Gasteiger partial charge in [-0.1, -0.05) is 0 Å². The van der Waals surface area contributed by atoms with Gasteiger partial charge in [-0.15, -0.1) is 0 Å². The number of sulfonamides is 1. The van der Waals surface area contributed by atoms with Gasteiger partial charge in [0.05, 0.1) is 23.7 Å². The zero-order chi connectivity index (χ0) is 24.5. The van der Waals surface area contributed by atoms with Crippen molar-refractivity contribution in [1.82, 2.24) is 9.62 Å². The molecule has 1 fully saturated rings. The topological polar surface area (TPSA) is 94.2 Å². The van der Waals surface area contributed by atoms with Gasteiger partial charge in [0.1, 0.15) is 17.6 Å². The SMILES string of the molecule is CCOc1cc2c(cc1CNC(=O)c1ccc(S(=O)(=O)N3CC(C)OC(C)C3)cc1)OC(C)C2. The van der Waals surface area contributed by atoms with Crippen molar-refractivity contribution >= 4 is 15.9 Å². The first-order chi connectivity index (χ1) is 16.2. The molecular formula is C25H32N2O6S. The standard InChI is InChI=1S/C25H32N2O6S/c1-5-31-23-11-20-10-16(2)33-24(20)12-21(23)13-26-25(28)19-6-8-22(9-7-19)34(29,30)27-14-17(3)32-18(4)15-27/h6-9,11-12,16-18H,5,10,13-15H2,1-4H3,(H,26,28). The predicted molar refractivity (Wildman–Crippen MR) is 128 cm³/mol. The van der Waals surface area contributed by atoms with Crippen LogP contribution in [0.15, 0.2) is 41.3 Å². The molecule has 0 radical (unpaired) electrons. The summed E-state index contributed by atoms with van der Waals surface area (Å²) < 4.78 is 44.8. The third-order valence-electron chi connectivity index (χ3n) is 5.96. The average molecular weight is 489 g/mol. The first-order valence-electron chi connectivity index (χ1n) is 11.7. The monoisotopic (exact) mass is 488 g/mol.